The lowest BCUT2D eigenvalue weighted by Crippen LogP contribution is -2.45. The zero-order valence-electron chi connectivity index (χ0n) is 44.2. The van der Waals surface area contributed by atoms with Gasteiger partial charge in [-0.05, 0) is 64.2 Å². The molecule has 4 heteroatoms. The first kappa shape index (κ1) is 63.8. The van der Waals surface area contributed by atoms with Gasteiger partial charge in [-0.25, -0.2) is 0 Å². The third-order valence-corrected chi connectivity index (χ3v) is 13.2. The summed E-state index contributed by atoms with van der Waals surface area (Å²) < 4.78 is 0. The maximum Gasteiger partial charge on any atom is 0.220 e. The third kappa shape index (κ3) is 52.8. The number of carbonyl (C=O) groups excluding carboxylic acids is 1. The number of aliphatic hydroxyl groups excluding tert-OH is 2. The summed E-state index contributed by atoms with van der Waals surface area (Å²) in [7, 11) is 0. The van der Waals surface area contributed by atoms with E-state index in [0.717, 1.165) is 70.6 Å². The standard InChI is InChI=1S/C62H113NO3/c1-3-5-7-9-11-13-15-17-19-21-23-25-27-28-29-30-31-32-33-34-36-37-39-41-43-45-47-49-51-53-55-57-61(65)60(59-64)63-62(66)58-56-54-52-50-48-46-44-42-40-38-35-26-24-22-20-18-16-14-12-10-8-6-4-2/h6,8,12,14,18,20,24,26,38,40,55,57,60-61,64-65H,3-5,7,9-11,13,15-17,19,21-23,25,27-37,39,41-54,56,58-59H2,1-2H3,(H,63,66)/b8-6-,14-12-,20-18-,26-24-,40-38-,57-55+. The van der Waals surface area contributed by atoms with Gasteiger partial charge < -0.3 is 15.5 Å². The normalized spacial score (nSPS) is 13.3. The molecule has 0 fully saturated rings. The van der Waals surface area contributed by atoms with Crippen LogP contribution in [0.3, 0.4) is 0 Å². The van der Waals surface area contributed by atoms with Gasteiger partial charge in [-0.3, -0.25) is 4.79 Å². The molecule has 0 aromatic heterocycles. The first-order valence-electron chi connectivity index (χ1n) is 29.2. The zero-order chi connectivity index (χ0) is 47.7. The van der Waals surface area contributed by atoms with Gasteiger partial charge in [0.15, 0.2) is 0 Å². The fourth-order valence-corrected chi connectivity index (χ4v) is 8.80. The van der Waals surface area contributed by atoms with E-state index in [1.54, 1.807) is 6.08 Å². The van der Waals surface area contributed by atoms with E-state index in [-0.39, 0.29) is 12.5 Å². The van der Waals surface area contributed by atoms with E-state index in [2.05, 4.69) is 79.9 Å². The van der Waals surface area contributed by atoms with E-state index >= 15 is 0 Å². The molecule has 0 heterocycles. The fourth-order valence-electron chi connectivity index (χ4n) is 8.80. The molecule has 66 heavy (non-hydrogen) atoms. The molecule has 2 unspecified atom stereocenters. The minimum absolute atomic E-state index is 0.0746. The molecule has 0 aliphatic heterocycles. The predicted octanol–water partition coefficient (Wildman–Crippen LogP) is 19.4. The van der Waals surface area contributed by atoms with Crippen molar-refractivity contribution in [2.75, 3.05) is 6.61 Å². The van der Waals surface area contributed by atoms with Crippen molar-refractivity contribution in [1.82, 2.24) is 5.32 Å². The quantitative estimate of drug-likeness (QED) is 0.0421. The number of hydrogen-bond donors (Lipinski definition) is 3. The van der Waals surface area contributed by atoms with Crippen LogP contribution >= 0.6 is 0 Å². The summed E-state index contributed by atoms with van der Waals surface area (Å²) in [5.74, 6) is -0.0746. The number of unbranched alkanes of at least 4 members (excludes halogenated alkanes) is 36. The van der Waals surface area contributed by atoms with Crippen LogP contribution in [0.25, 0.3) is 0 Å². The van der Waals surface area contributed by atoms with E-state index in [0.29, 0.717) is 6.42 Å². The molecule has 0 saturated carbocycles. The number of nitrogens with one attached hydrogen (secondary N) is 1. The topological polar surface area (TPSA) is 69.6 Å². The highest BCUT2D eigenvalue weighted by molar-refractivity contribution is 5.76. The van der Waals surface area contributed by atoms with Crippen LogP contribution in [-0.4, -0.2) is 34.9 Å². The Kier molecular flexibility index (Phi) is 55.3. The molecule has 0 spiro atoms. The Morgan fingerprint density at radius 3 is 1.00 bits per heavy atom. The van der Waals surface area contributed by atoms with Crippen LogP contribution < -0.4 is 5.32 Å². The lowest BCUT2D eigenvalue weighted by Gasteiger charge is -2.20. The molecule has 0 bridgehead atoms. The summed E-state index contributed by atoms with van der Waals surface area (Å²) in [5.41, 5.74) is 0. The lowest BCUT2D eigenvalue weighted by atomic mass is 10.0. The van der Waals surface area contributed by atoms with Gasteiger partial charge in [-0.1, -0.05) is 299 Å². The number of aliphatic hydroxyl groups is 2. The van der Waals surface area contributed by atoms with Crippen LogP contribution in [-0.2, 0) is 4.79 Å². The lowest BCUT2D eigenvalue weighted by molar-refractivity contribution is -0.123. The molecule has 0 aromatic carbocycles. The van der Waals surface area contributed by atoms with Crippen molar-refractivity contribution >= 4 is 5.91 Å². The van der Waals surface area contributed by atoms with Gasteiger partial charge in [0.1, 0.15) is 0 Å². The molecule has 0 aliphatic rings. The van der Waals surface area contributed by atoms with Gasteiger partial charge in [0.2, 0.25) is 5.91 Å². The van der Waals surface area contributed by atoms with Crippen LogP contribution in [0.15, 0.2) is 72.9 Å². The minimum Gasteiger partial charge on any atom is -0.394 e. The van der Waals surface area contributed by atoms with E-state index < -0.39 is 12.1 Å². The second kappa shape index (κ2) is 57.1. The van der Waals surface area contributed by atoms with Crippen LogP contribution in [0.4, 0.5) is 0 Å². The maximum atomic E-state index is 12.5. The summed E-state index contributed by atoms with van der Waals surface area (Å²) in [5, 5.41) is 23.2. The summed E-state index contributed by atoms with van der Waals surface area (Å²) >= 11 is 0. The SMILES string of the molecule is CC/C=C\C/C=C\C/C=C\C/C=C\C/C=C\CCCCCCCCCC(=O)NC(CO)C(O)/C=C/CCCCCCCCCCCCCCCCCCCCCCCCCCCCCCC. The van der Waals surface area contributed by atoms with Crippen LogP contribution in [0.1, 0.15) is 296 Å². The molecule has 0 rings (SSSR count). The molecular formula is C62H113NO3. The molecule has 0 radical (unpaired) electrons. The summed E-state index contributed by atoms with van der Waals surface area (Å²) in [6.45, 7) is 4.21. The Morgan fingerprint density at radius 1 is 0.379 bits per heavy atom. The molecule has 4 nitrogen and oxygen atoms in total. The molecule has 384 valence electrons. The monoisotopic (exact) mass is 920 g/mol. The van der Waals surface area contributed by atoms with Crippen molar-refractivity contribution in [3.63, 3.8) is 0 Å². The Labute approximate surface area is 412 Å². The third-order valence-electron chi connectivity index (χ3n) is 13.2. The average molecular weight is 921 g/mol. The van der Waals surface area contributed by atoms with Gasteiger partial charge in [0.25, 0.3) is 0 Å². The number of hydrogen-bond acceptors (Lipinski definition) is 3. The Morgan fingerprint density at radius 2 is 0.667 bits per heavy atom. The Bertz CT molecular complexity index is 1130. The summed E-state index contributed by atoms with van der Waals surface area (Å²) in [4.78, 5) is 12.5. The predicted molar refractivity (Wildman–Crippen MR) is 294 cm³/mol. The highest BCUT2D eigenvalue weighted by Gasteiger charge is 2.18. The number of allylic oxidation sites excluding steroid dienone is 11. The molecule has 0 saturated heterocycles. The van der Waals surface area contributed by atoms with Gasteiger partial charge >= 0.3 is 0 Å². The summed E-state index contributed by atoms with van der Waals surface area (Å²) in [6, 6.07) is -0.634. The number of carbonyl (C=O) groups is 1. The van der Waals surface area contributed by atoms with Crippen LogP contribution in [0, 0.1) is 0 Å². The minimum atomic E-state index is -0.850. The number of amides is 1. The van der Waals surface area contributed by atoms with E-state index in [1.165, 1.54) is 205 Å². The second-order valence-electron chi connectivity index (χ2n) is 19.7. The van der Waals surface area contributed by atoms with E-state index in [9.17, 15) is 15.0 Å². The van der Waals surface area contributed by atoms with Crippen molar-refractivity contribution in [1.29, 1.82) is 0 Å². The van der Waals surface area contributed by atoms with Crippen molar-refractivity contribution in [3.8, 4) is 0 Å². The van der Waals surface area contributed by atoms with E-state index in [4.69, 9.17) is 0 Å². The van der Waals surface area contributed by atoms with Crippen LogP contribution in [0.2, 0.25) is 0 Å². The Hall–Kier alpha value is -2.17. The second-order valence-corrected chi connectivity index (χ2v) is 19.7. The van der Waals surface area contributed by atoms with Crippen molar-refractivity contribution in [3.05, 3.63) is 72.9 Å². The first-order chi connectivity index (χ1) is 32.7. The van der Waals surface area contributed by atoms with Gasteiger partial charge in [0, 0.05) is 6.42 Å². The number of rotatable bonds is 53. The van der Waals surface area contributed by atoms with Gasteiger partial charge in [0.05, 0.1) is 18.8 Å². The molecule has 2 atom stereocenters. The fraction of sp³-hybridized carbons (Fsp3) is 0.790. The molecular weight excluding hydrogens is 807 g/mol. The molecule has 3 N–H and O–H groups in total. The van der Waals surface area contributed by atoms with Gasteiger partial charge in [-0.15, -0.1) is 0 Å². The summed E-state index contributed by atoms with van der Waals surface area (Å²) in [6.07, 6.45) is 82.2. The smallest absolute Gasteiger partial charge is 0.220 e. The van der Waals surface area contributed by atoms with Crippen molar-refractivity contribution < 1.29 is 15.0 Å². The highest BCUT2D eigenvalue weighted by atomic mass is 16.3. The first-order valence-corrected chi connectivity index (χ1v) is 29.2. The van der Waals surface area contributed by atoms with E-state index in [1.807, 2.05) is 6.08 Å². The molecule has 0 aromatic rings. The molecule has 0 aliphatic carbocycles. The average Bonchev–Trinajstić information content (AvgIpc) is 3.32. The maximum absolute atomic E-state index is 12.5. The van der Waals surface area contributed by atoms with Crippen LogP contribution in [0.5, 0.6) is 0 Å². The van der Waals surface area contributed by atoms with Gasteiger partial charge in [-0.2, -0.15) is 0 Å². The zero-order valence-corrected chi connectivity index (χ0v) is 44.2. The van der Waals surface area contributed by atoms with Crippen molar-refractivity contribution in [2.45, 2.75) is 309 Å². The molecule has 1 amide bonds. The van der Waals surface area contributed by atoms with Crippen molar-refractivity contribution in [2.24, 2.45) is 0 Å². The Balaban J connectivity index is 3.51. The largest absolute Gasteiger partial charge is 0.394 e. The highest BCUT2D eigenvalue weighted by Crippen LogP contribution is 2.17.